The number of hydrogen-bond acceptors (Lipinski definition) is 2. The van der Waals surface area contributed by atoms with Gasteiger partial charge in [0.1, 0.15) is 0 Å². The van der Waals surface area contributed by atoms with Crippen LogP contribution in [0.2, 0.25) is 0 Å². The Morgan fingerprint density at radius 2 is 2.00 bits per heavy atom. The first-order valence-corrected chi connectivity index (χ1v) is 6.23. The number of hydrogen-bond donors (Lipinski definition) is 1. The number of fused-ring (bicyclic) bond motifs is 2. The molecule has 1 fully saturated rings. The molecule has 2 nitrogen and oxygen atoms in total. The van der Waals surface area contributed by atoms with Crippen molar-refractivity contribution in [2.45, 2.75) is 25.2 Å². The van der Waals surface area contributed by atoms with E-state index in [1.54, 1.807) is 5.56 Å². The minimum Gasteiger partial charge on any atom is -0.384 e. The average Bonchev–Trinajstić information content (AvgIpc) is 2.62. The molecule has 1 aromatic carbocycles. The second-order valence-electron chi connectivity index (χ2n) is 5.49. The van der Waals surface area contributed by atoms with Gasteiger partial charge in [-0.3, -0.25) is 0 Å². The lowest BCUT2D eigenvalue weighted by atomic mass is 9.74. The molecule has 3 rings (SSSR count). The molecular formula is C14H20N2. The van der Waals surface area contributed by atoms with E-state index in [-0.39, 0.29) is 0 Å². The highest BCUT2D eigenvalue weighted by molar-refractivity contribution is 5.61. The Morgan fingerprint density at radius 3 is 2.75 bits per heavy atom. The molecule has 1 spiro atoms. The molecule has 0 saturated carbocycles. The van der Waals surface area contributed by atoms with E-state index in [2.05, 4.69) is 42.4 Å². The Balaban J connectivity index is 1.96. The molecule has 0 aliphatic carbocycles. The van der Waals surface area contributed by atoms with E-state index in [4.69, 9.17) is 0 Å². The first-order valence-electron chi connectivity index (χ1n) is 6.23. The fourth-order valence-corrected chi connectivity index (χ4v) is 3.12. The summed E-state index contributed by atoms with van der Waals surface area (Å²) in [6.45, 7) is 5.77. The number of anilines is 1. The molecule has 86 valence electrons. The molecule has 0 aromatic heterocycles. The predicted molar refractivity (Wildman–Crippen MR) is 68.1 cm³/mol. The van der Waals surface area contributed by atoms with Crippen LogP contribution in [0.15, 0.2) is 18.2 Å². The Hall–Kier alpha value is -1.02. The van der Waals surface area contributed by atoms with E-state index >= 15 is 0 Å². The van der Waals surface area contributed by atoms with Gasteiger partial charge in [0.25, 0.3) is 0 Å². The molecule has 2 heterocycles. The highest BCUT2D eigenvalue weighted by Crippen LogP contribution is 2.43. The van der Waals surface area contributed by atoms with E-state index in [0.717, 1.165) is 6.54 Å². The molecule has 16 heavy (non-hydrogen) atoms. The topological polar surface area (TPSA) is 15.3 Å². The van der Waals surface area contributed by atoms with E-state index in [9.17, 15) is 0 Å². The van der Waals surface area contributed by atoms with Gasteiger partial charge in [0.2, 0.25) is 0 Å². The zero-order chi connectivity index (χ0) is 11.2. The van der Waals surface area contributed by atoms with E-state index in [0.29, 0.717) is 5.41 Å². The summed E-state index contributed by atoms with van der Waals surface area (Å²) in [6, 6.07) is 6.89. The molecule has 0 bridgehead atoms. The molecule has 0 radical (unpaired) electrons. The Kier molecular flexibility index (Phi) is 2.21. The fraction of sp³-hybridized carbons (Fsp3) is 0.571. The van der Waals surface area contributed by atoms with Crippen LogP contribution in [0.5, 0.6) is 0 Å². The van der Waals surface area contributed by atoms with E-state index < -0.39 is 0 Å². The molecule has 2 aliphatic rings. The largest absolute Gasteiger partial charge is 0.384 e. The maximum atomic E-state index is 3.60. The zero-order valence-corrected chi connectivity index (χ0v) is 10.2. The summed E-state index contributed by atoms with van der Waals surface area (Å²) in [7, 11) is 2.23. The summed E-state index contributed by atoms with van der Waals surface area (Å²) in [6.07, 6.45) is 2.60. The molecule has 1 saturated heterocycles. The van der Waals surface area contributed by atoms with Crippen LogP contribution in [0.25, 0.3) is 0 Å². The van der Waals surface area contributed by atoms with Gasteiger partial charge in [-0.2, -0.15) is 0 Å². The number of nitrogens with zero attached hydrogens (tertiary/aromatic N) is 1. The van der Waals surface area contributed by atoms with Gasteiger partial charge in [-0.1, -0.05) is 12.1 Å². The molecule has 1 aromatic rings. The molecule has 0 unspecified atom stereocenters. The van der Waals surface area contributed by atoms with Gasteiger partial charge < -0.3 is 10.2 Å². The van der Waals surface area contributed by atoms with E-state index in [1.165, 1.54) is 37.2 Å². The van der Waals surface area contributed by atoms with E-state index in [1.807, 2.05) is 0 Å². The van der Waals surface area contributed by atoms with Crippen LogP contribution >= 0.6 is 0 Å². The number of likely N-dealkylation sites (tertiary alicyclic amines) is 1. The van der Waals surface area contributed by atoms with Crippen molar-refractivity contribution in [1.82, 2.24) is 4.90 Å². The lowest BCUT2D eigenvalue weighted by Crippen LogP contribution is -2.42. The molecule has 0 atom stereocenters. The number of rotatable bonds is 0. The number of piperidine rings is 1. The van der Waals surface area contributed by atoms with Crippen molar-refractivity contribution >= 4 is 5.69 Å². The van der Waals surface area contributed by atoms with Crippen LogP contribution in [-0.4, -0.2) is 31.6 Å². The lowest BCUT2D eigenvalue weighted by Gasteiger charge is -2.37. The summed E-state index contributed by atoms with van der Waals surface area (Å²) in [4.78, 5) is 2.44. The quantitative estimate of drug-likeness (QED) is 0.716. The van der Waals surface area contributed by atoms with Gasteiger partial charge in [-0.05, 0) is 57.1 Å². The van der Waals surface area contributed by atoms with Crippen LogP contribution in [-0.2, 0) is 5.41 Å². The molecule has 2 heteroatoms. The fourth-order valence-electron chi connectivity index (χ4n) is 3.12. The van der Waals surface area contributed by atoms with Gasteiger partial charge in [0.05, 0.1) is 0 Å². The second-order valence-corrected chi connectivity index (χ2v) is 5.49. The minimum absolute atomic E-state index is 0.426. The number of benzene rings is 1. The second kappa shape index (κ2) is 3.49. The highest BCUT2D eigenvalue weighted by Gasteiger charge is 2.40. The van der Waals surface area contributed by atoms with Crippen molar-refractivity contribution in [3.05, 3.63) is 29.3 Å². The maximum absolute atomic E-state index is 3.60. The summed E-state index contributed by atoms with van der Waals surface area (Å²) in [5.41, 5.74) is 4.72. The third-order valence-corrected chi connectivity index (χ3v) is 4.31. The summed E-state index contributed by atoms with van der Waals surface area (Å²) in [5, 5.41) is 3.60. The van der Waals surface area contributed by atoms with Crippen LogP contribution < -0.4 is 5.32 Å². The van der Waals surface area contributed by atoms with Crippen LogP contribution in [0.4, 0.5) is 5.69 Å². The van der Waals surface area contributed by atoms with Gasteiger partial charge in [-0.15, -0.1) is 0 Å². The SMILES string of the molecule is Cc1ccc2c(c1)NCC21CCN(C)CC1. The first-order chi connectivity index (χ1) is 7.70. The summed E-state index contributed by atoms with van der Waals surface area (Å²) >= 11 is 0. The van der Waals surface area contributed by atoms with Crippen molar-refractivity contribution in [3.8, 4) is 0 Å². The van der Waals surface area contributed by atoms with Gasteiger partial charge in [0, 0.05) is 17.6 Å². The first kappa shape index (κ1) is 10.2. The van der Waals surface area contributed by atoms with Gasteiger partial charge >= 0.3 is 0 Å². The van der Waals surface area contributed by atoms with Crippen molar-refractivity contribution in [1.29, 1.82) is 0 Å². The van der Waals surface area contributed by atoms with Crippen LogP contribution in [0.3, 0.4) is 0 Å². The summed E-state index contributed by atoms with van der Waals surface area (Å²) < 4.78 is 0. The standard InChI is InChI=1S/C14H20N2/c1-11-3-4-12-13(9-11)15-10-14(12)5-7-16(2)8-6-14/h3-4,9,15H,5-8,10H2,1-2H3. The third kappa shape index (κ3) is 1.44. The van der Waals surface area contributed by atoms with Crippen LogP contribution in [0.1, 0.15) is 24.0 Å². The smallest absolute Gasteiger partial charge is 0.0382 e. The van der Waals surface area contributed by atoms with Crippen molar-refractivity contribution < 1.29 is 0 Å². The average molecular weight is 216 g/mol. The van der Waals surface area contributed by atoms with Crippen LogP contribution in [0, 0.1) is 6.92 Å². The Morgan fingerprint density at radius 1 is 1.25 bits per heavy atom. The van der Waals surface area contributed by atoms with Gasteiger partial charge in [-0.25, -0.2) is 0 Å². The van der Waals surface area contributed by atoms with Crippen molar-refractivity contribution in [2.24, 2.45) is 0 Å². The normalized spacial score (nSPS) is 23.1. The Bertz CT molecular complexity index is 403. The van der Waals surface area contributed by atoms with Crippen molar-refractivity contribution in [2.75, 3.05) is 32.0 Å². The molecule has 1 N–H and O–H groups in total. The monoisotopic (exact) mass is 216 g/mol. The number of aryl methyl sites for hydroxylation is 1. The lowest BCUT2D eigenvalue weighted by molar-refractivity contribution is 0.200. The molecule has 2 aliphatic heterocycles. The molecular weight excluding hydrogens is 196 g/mol. The Labute approximate surface area is 97.6 Å². The predicted octanol–water partition coefficient (Wildman–Crippen LogP) is 2.38. The van der Waals surface area contributed by atoms with Gasteiger partial charge in [0.15, 0.2) is 0 Å². The maximum Gasteiger partial charge on any atom is 0.0382 e. The molecule has 0 amide bonds. The highest BCUT2D eigenvalue weighted by atomic mass is 15.1. The third-order valence-electron chi connectivity index (χ3n) is 4.31. The summed E-state index contributed by atoms with van der Waals surface area (Å²) in [5.74, 6) is 0. The zero-order valence-electron chi connectivity index (χ0n) is 10.2. The number of nitrogens with one attached hydrogen (secondary N) is 1. The van der Waals surface area contributed by atoms with Crippen molar-refractivity contribution in [3.63, 3.8) is 0 Å². The minimum atomic E-state index is 0.426.